The average molecular weight is 256 g/mol. The molecule has 106 valence electrons. The minimum absolute atomic E-state index is 0.220. The Morgan fingerprint density at radius 2 is 2.06 bits per heavy atom. The van der Waals surface area contributed by atoms with E-state index in [9.17, 15) is 4.79 Å². The first-order valence-electron chi connectivity index (χ1n) is 7.26. The minimum Gasteiger partial charge on any atom is -0.465 e. The second-order valence-electron chi connectivity index (χ2n) is 5.26. The number of likely N-dealkylation sites (N-methyl/N-ethyl adjacent to an activating group) is 1. The van der Waals surface area contributed by atoms with Crippen LogP contribution < -0.4 is 5.73 Å². The first kappa shape index (κ1) is 15.4. The summed E-state index contributed by atoms with van der Waals surface area (Å²) in [5, 5.41) is 0. The first-order valence-corrected chi connectivity index (χ1v) is 7.26. The van der Waals surface area contributed by atoms with Crippen LogP contribution in [0, 0.1) is 5.92 Å². The van der Waals surface area contributed by atoms with Crippen LogP contribution >= 0.6 is 0 Å². The highest BCUT2D eigenvalue weighted by atomic mass is 16.5. The fourth-order valence-electron chi connectivity index (χ4n) is 2.32. The summed E-state index contributed by atoms with van der Waals surface area (Å²) < 4.78 is 5.17. The van der Waals surface area contributed by atoms with E-state index < -0.39 is 5.54 Å². The smallest absolute Gasteiger partial charge is 0.327 e. The predicted molar refractivity (Wildman–Crippen MR) is 73.3 cm³/mol. The summed E-state index contributed by atoms with van der Waals surface area (Å²) in [5.41, 5.74) is 5.57. The van der Waals surface area contributed by atoms with Crippen LogP contribution in [0.4, 0.5) is 0 Å². The van der Waals surface area contributed by atoms with E-state index in [2.05, 4.69) is 18.7 Å². The summed E-state index contributed by atoms with van der Waals surface area (Å²) in [7, 11) is 0. The Hall–Kier alpha value is -0.610. The zero-order chi connectivity index (χ0) is 13.6. The molecular weight excluding hydrogens is 228 g/mol. The maximum Gasteiger partial charge on any atom is 0.327 e. The third kappa shape index (κ3) is 3.95. The maximum atomic E-state index is 12.1. The lowest BCUT2D eigenvalue weighted by molar-refractivity contribution is -0.151. The topological polar surface area (TPSA) is 55.6 Å². The lowest BCUT2D eigenvalue weighted by Crippen LogP contribution is -2.58. The lowest BCUT2D eigenvalue weighted by Gasteiger charge is -2.33. The van der Waals surface area contributed by atoms with E-state index in [4.69, 9.17) is 10.5 Å². The molecule has 1 rings (SSSR count). The van der Waals surface area contributed by atoms with Crippen LogP contribution in [0.3, 0.4) is 0 Å². The maximum absolute atomic E-state index is 12.1. The molecule has 1 saturated carbocycles. The van der Waals surface area contributed by atoms with E-state index in [1.165, 1.54) is 0 Å². The highest BCUT2D eigenvalue weighted by molar-refractivity contribution is 5.82. The summed E-state index contributed by atoms with van der Waals surface area (Å²) in [5.74, 6) is 0.0923. The quantitative estimate of drug-likeness (QED) is 0.639. The number of carbonyl (C=O) groups excluding carboxylic acids is 1. The molecule has 18 heavy (non-hydrogen) atoms. The van der Waals surface area contributed by atoms with Gasteiger partial charge in [-0.15, -0.1) is 0 Å². The van der Waals surface area contributed by atoms with Gasteiger partial charge in [0.1, 0.15) is 5.54 Å². The molecule has 0 aromatic carbocycles. The van der Waals surface area contributed by atoms with Crippen LogP contribution in [0.2, 0.25) is 0 Å². The predicted octanol–water partition coefficient (Wildman–Crippen LogP) is 1.78. The van der Waals surface area contributed by atoms with Gasteiger partial charge in [-0.1, -0.05) is 20.3 Å². The number of ether oxygens (including phenoxy) is 1. The standard InChI is InChI=1S/C14H28N2O2/c1-4-7-10-16(5-2)11-14(15,12-8-9-12)13(17)18-6-3/h12H,4-11,15H2,1-3H3. The number of rotatable bonds is 9. The molecule has 1 atom stereocenters. The Morgan fingerprint density at radius 3 is 2.50 bits per heavy atom. The normalized spacial score (nSPS) is 18.7. The Balaban J connectivity index is 2.62. The van der Waals surface area contributed by atoms with Crippen LogP contribution in [-0.2, 0) is 9.53 Å². The van der Waals surface area contributed by atoms with E-state index in [0.717, 1.165) is 38.8 Å². The summed E-state index contributed by atoms with van der Waals surface area (Å²) >= 11 is 0. The number of hydrogen-bond donors (Lipinski definition) is 1. The zero-order valence-electron chi connectivity index (χ0n) is 12.1. The van der Waals surface area contributed by atoms with Crippen LogP contribution in [0.25, 0.3) is 0 Å². The molecule has 2 N–H and O–H groups in total. The molecule has 0 aromatic rings. The fourth-order valence-corrected chi connectivity index (χ4v) is 2.32. The van der Waals surface area contributed by atoms with Crippen LogP contribution in [0.15, 0.2) is 0 Å². The molecular formula is C14H28N2O2. The van der Waals surface area contributed by atoms with Gasteiger partial charge >= 0.3 is 5.97 Å². The molecule has 4 heteroatoms. The van der Waals surface area contributed by atoms with Gasteiger partial charge in [0.05, 0.1) is 6.61 Å². The van der Waals surface area contributed by atoms with Crippen molar-refractivity contribution in [3.8, 4) is 0 Å². The summed E-state index contributed by atoms with van der Waals surface area (Å²) in [6.45, 7) is 9.12. The molecule has 1 fully saturated rings. The van der Waals surface area contributed by atoms with Crippen molar-refractivity contribution in [2.45, 2.75) is 52.0 Å². The van der Waals surface area contributed by atoms with Gasteiger partial charge in [0.2, 0.25) is 0 Å². The minimum atomic E-state index is -0.792. The summed E-state index contributed by atoms with van der Waals surface area (Å²) in [4.78, 5) is 14.4. The monoisotopic (exact) mass is 256 g/mol. The number of hydrogen-bond acceptors (Lipinski definition) is 4. The molecule has 0 spiro atoms. The van der Waals surface area contributed by atoms with Gasteiger partial charge in [-0.05, 0) is 45.2 Å². The highest BCUT2D eigenvalue weighted by Gasteiger charge is 2.49. The van der Waals surface area contributed by atoms with Crippen LogP contribution in [0.5, 0.6) is 0 Å². The average Bonchev–Trinajstić information content (AvgIpc) is 3.18. The van der Waals surface area contributed by atoms with E-state index in [1.54, 1.807) is 0 Å². The van der Waals surface area contributed by atoms with Crippen molar-refractivity contribution < 1.29 is 9.53 Å². The van der Waals surface area contributed by atoms with Gasteiger partial charge in [-0.25, -0.2) is 4.79 Å². The SMILES string of the molecule is CCCCN(CC)CC(N)(C(=O)OCC)C1CC1. The van der Waals surface area contributed by atoms with E-state index in [1.807, 2.05) is 6.92 Å². The summed E-state index contributed by atoms with van der Waals surface area (Å²) in [6.07, 6.45) is 4.43. The zero-order valence-corrected chi connectivity index (χ0v) is 12.1. The van der Waals surface area contributed by atoms with E-state index >= 15 is 0 Å². The lowest BCUT2D eigenvalue weighted by atomic mass is 9.93. The second-order valence-corrected chi connectivity index (χ2v) is 5.26. The molecule has 0 heterocycles. The molecule has 0 aromatic heterocycles. The number of nitrogens with zero attached hydrogens (tertiary/aromatic N) is 1. The molecule has 1 aliphatic rings. The van der Waals surface area contributed by atoms with Gasteiger partial charge in [0.25, 0.3) is 0 Å². The molecule has 0 amide bonds. The molecule has 1 unspecified atom stereocenters. The Kier molecular flexibility index (Phi) is 6.09. The van der Waals surface area contributed by atoms with Crippen molar-refractivity contribution in [2.75, 3.05) is 26.2 Å². The number of nitrogens with two attached hydrogens (primary N) is 1. The van der Waals surface area contributed by atoms with Crippen LogP contribution in [-0.4, -0.2) is 42.6 Å². The van der Waals surface area contributed by atoms with Gasteiger partial charge < -0.3 is 15.4 Å². The Labute approximate surface area is 111 Å². The van der Waals surface area contributed by atoms with Crippen molar-refractivity contribution in [2.24, 2.45) is 11.7 Å². The van der Waals surface area contributed by atoms with Crippen molar-refractivity contribution >= 4 is 5.97 Å². The summed E-state index contributed by atoms with van der Waals surface area (Å²) in [6, 6.07) is 0. The van der Waals surface area contributed by atoms with Crippen molar-refractivity contribution in [1.29, 1.82) is 0 Å². The van der Waals surface area contributed by atoms with Crippen molar-refractivity contribution in [3.05, 3.63) is 0 Å². The number of esters is 1. The van der Waals surface area contributed by atoms with Crippen molar-refractivity contribution in [3.63, 3.8) is 0 Å². The molecule has 0 radical (unpaired) electrons. The number of unbranched alkanes of at least 4 members (excludes halogenated alkanes) is 1. The third-order valence-corrected chi connectivity index (χ3v) is 3.72. The molecule has 0 bridgehead atoms. The van der Waals surface area contributed by atoms with E-state index in [0.29, 0.717) is 19.1 Å². The molecule has 4 nitrogen and oxygen atoms in total. The van der Waals surface area contributed by atoms with Gasteiger partial charge in [0, 0.05) is 6.54 Å². The molecule has 1 aliphatic carbocycles. The second kappa shape index (κ2) is 7.10. The Bertz CT molecular complexity index is 267. The molecule has 0 aliphatic heterocycles. The van der Waals surface area contributed by atoms with Crippen molar-refractivity contribution in [1.82, 2.24) is 4.90 Å². The number of carbonyl (C=O) groups is 1. The fraction of sp³-hybridized carbons (Fsp3) is 0.929. The highest BCUT2D eigenvalue weighted by Crippen LogP contribution is 2.39. The first-order chi connectivity index (χ1) is 8.58. The van der Waals surface area contributed by atoms with Gasteiger partial charge in [-0.3, -0.25) is 0 Å². The largest absolute Gasteiger partial charge is 0.465 e. The Morgan fingerprint density at radius 1 is 1.39 bits per heavy atom. The van der Waals surface area contributed by atoms with Crippen LogP contribution in [0.1, 0.15) is 46.5 Å². The van der Waals surface area contributed by atoms with E-state index in [-0.39, 0.29) is 5.97 Å². The van der Waals surface area contributed by atoms with Gasteiger partial charge in [-0.2, -0.15) is 0 Å². The molecule has 0 saturated heterocycles. The van der Waals surface area contributed by atoms with Gasteiger partial charge in [0.15, 0.2) is 0 Å². The third-order valence-electron chi connectivity index (χ3n) is 3.72.